The summed E-state index contributed by atoms with van der Waals surface area (Å²) in [4.78, 5) is 6.46. The maximum Gasteiger partial charge on any atom is 0.173 e. The van der Waals surface area contributed by atoms with Gasteiger partial charge in [0.2, 0.25) is 0 Å². The first kappa shape index (κ1) is 18.6. The van der Waals surface area contributed by atoms with E-state index in [9.17, 15) is 0 Å². The zero-order valence-electron chi connectivity index (χ0n) is 15.5. The Morgan fingerprint density at radius 1 is 1.38 bits per heavy atom. The van der Waals surface area contributed by atoms with Gasteiger partial charge >= 0.3 is 0 Å². The lowest BCUT2D eigenvalue weighted by Crippen LogP contribution is -2.39. The number of hydrogen-bond acceptors (Lipinski definition) is 2. The monoisotopic (exact) mass is 368 g/mol. The van der Waals surface area contributed by atoms with Gasteiger partial charge in [0.15, 0.2) is 5.11 Å². The summed E-state index contributed by atoms with van der Waals surface area (Å²) < 4.78 is 2.12. The predicted molar refractivity (Wildman–Crippen MR) is 112 cm³/mol. The molecule has 4 nitrogen and oxygen atoms in total. The zero-order valence-corrected chi connectivity index (χ0v) is 16.3. The van der Waals surface area contributed by atoms with Crippen LogP contribution in [-0.2, 0) is 6.54 Å². The molecule has 1 aliphatic rings. The molecule has 0 fully saturated rings. The molecular formula is C21H28N4S. The molecule has 0 spiro atoms. The number of benzene rings is 1. The van der Waals surface area contributed by atoms with Gasteiger partial charge in [-0.2, -0.15) is 0 Å². The van der Waals surface area contributed by atoms with Crippen molar-refractivity contribution >= 4 is 23.0 Å². The SMILES string of the molecule is Cc1cccc(NC(=S)N(CCCn2ccnc2)CC2CC=CCC2)c1. The Balaban J connectivity index is 1.60. The minimum Gasteiger partial charge on any atom is -0.349 e. The molecule has 0 bridgehead atoms. The molecule has 1 N–H and O–H groups in total. The highest BCUT2D eigenvalue weighted by atomic mass is 32.1. The average Bonchev–Trinajstić information content (AvgIpc) is 3.15. The van der Waals surface area contributed by atoms with Crippen molar-refractivity contribution in [3.8, 4) is 0 Å². The van der Waals surface area contributed by atoms with Gasteiger partial charge in [0.1, 0.15) is 0 Å². The van der Waals surface area contributed by atoms with Crippen molar-refractivity contribution in [3.05, 3.63) is 60.7 Å². The van der Waals surface area contributed by atoms with Gasteiger partial charge in [-0.3, -0.25) is 0 Å². The Bertz CT molecular complexity index is 723. The first-order chi connectivity index (χ1) is 12.7. The van der Waals surface area contributed by atoms with Crippen LogP contribution in [0.15, 0.2) is 55.1 Å². The minimum atomic E-state index is 0.686. The van der Waals surface area contributed by atoms with E-state index in [0.29, 0.717) is 5.92 Å². The molecule has 1 aromatic carbocycles. The molecule has 0 amide bonds. The van der Waals surface area contributed by atoms with Gasteiger partial charge in [0, 0.05) is 37.7 Å². The molecule has 2 aromatic rings. The third-order valence-electron chi connectivity index (χ3n) is 4.82. The molecule has 1 aromatic heterocycles. The summed E-state index contributed by atoms with van der Waals surface area (Å²) in [5.74, 6) is 0.686. The predicted octanol–water partition coefficient (Wildman–Crippen LogP) is 4.64. The molecular weight excluding hydrogens is 340 g/mol. The number of allylic oxidation sites excluding steroid dienone is 2. The molecule has 0 saturated carbocycles. The van der Waals surface area contributed by atoms with Crippen LogP contribution in [0.4, 0.5) is 5.69 Å². The Hall–Kier alpha value is -2.14. The van der Waals surface area contributed by atoms with Crippen molar-refractivity contribution in [3.63, 3.8) is 0 Å². The number of nitrogens with one attached hydrogen (secondary N) is 1. The van der Waals surface area contributed by atoms with Crippen molar-refractivity contribution < 1.29 is 0 Å². The van der Waals surface area contributed by atoms with E-state index in [1.807, 2.05) is 18.7 Å². The first-order valence-electron chi connectivity index (χ1n) is 9.44. The van der Waals surface area contributed by atoms with Crippen LogP contribution >= 0.6 is 12.2 Å². The fourth-order valence-corrected chi connectivity index (χ4v) is 3.68. The molecule has 0 saturated heterocycles. The van der Waals surface area contributed by atoms with Crippen LogP contribution in [0.25, 0.3) is 0 Å². The highest BCUT2D eigenvalue weighted by Gasteiger charge is 2.17. The lowest BCUT2D eigenvalue weighted by atomic mass is 9.94. The van der Waals surface area contributed by atoms with Crippen LogP contribution in [0, 0.1) is 12.8 Å². The van der Waals surface area contributed by atoms with Gasteiger partial charge in [-0.05, 0) is 68.4 Å². The van der Waals surface area contributed by atoms with Crippen molar-refractivity contribution in [1.29, 1.82) is 0 Å². The summed E-state index contributed by atoms with van der Waals surface area (Å²) in [5.41, 5.74) is 2.31. The smallest absolute Gasteiger partial charge is 0.173 e. The van der Waals surface area contributed by atoms with Gasteiger partial charge in [-0.1, -0.05) is 24.3 Å². The lowest BCUT2D eigenvalue weighted by molar-refractivity contribution is 0.316. The van der Waals surface area contributed by atoms with Gasteiger partial charge in [-0.25, -0.2) is 4.98 Å². The van der Waals surface area contributed by atoms with Crippen LogP contribution in [0.3, 0.4) is 0 Å². The summed E-state index contributed by atoms with van der Waals surface area (Å²) in [5, 5.41) is 4.27. The summed E-state index contributed by atoms with van der Waals surface area (Å²) in [6, 6.07) is 8.38. The van der Waals surface area contributed by atoms with E-state index in [1.54, 1.807) is 0 Å². The summed E-state index contributed by atoms with van der Waals surface area (Å²) in [7, 11) is 0. The zero-order chi connectivity index (χ0) is 18.2. The van der Waals surface area contributed by atoms with Crippen LogP contribution in [0.1, 0.15) is 31.2 Å². The standard InChI is InChI=1S/C21H28N4S/c1-18-7-5-10-20(15-18)23-21(26)25(16-19-8-3-2-4-9-19)13-6-12-24-14-11-22-17-24/h2-3,5,7,10-11,14-15,17,19H,4,6,8-9,12-13,16H2,1H3,(H,23,26). The molecule has 3 rings (SSSR count). The van der Waals surface area contributed by atoms with Crippen molar-refractivity contribution in [2.45, 2.75) is 39.2 Å². The molecule has 0 aliphatic heterocycles. The van der Waals surface area contributed by atoms with Gasteiger partial charge in [0.25, 0.3) is 0 Å². The molecule has 1 unspecified atom stereocenters. The summed E-state index contributed by atoms with van der Waals surface area (Å²) >= 11 is 5.76. The molecule has 1 aliphatic carbocycles. The van der Waals surface area contributed by atoms with Crippen LogP contribution in [-0.4, -0.2) is 32.7 Å². The Labute approximate surface area is 161 Å². The highest BCUT2D eigenvalue weighted by molar-refractivity contribution is 7.80. The number of nitrogens with zero attached hydrogens (tertiary/aromatic N) is 3. The highest BCUT2D eigenvalue weighted by Crippen LogP contribution is 2.20. The average molecular weight is 369 g/mol. The van der Waals surface area contributed by atoms with E-state index in [0.717, 1.165) is 43.3 Å². The minimum absolute atomic E-state index is 0.686. The van der Waals surface area contributed by atoms with Crippen LogP contribution in [0.2, 0.25) is 0 Å². The van der Waals surface area contributed by atoms with E-state index in [4.69, 9.17) is 12.2 Å². The second-order valence-corrected chi connectivity index (χ2v) is 7.44. The molecule has 1 atom stereocenters. The summed E-state index contributed by atoms with van der Waals surface area (Å²) in [6.07, 6.45) is 15.0. The Morgan fingerprint density at radius 2 is 2.31 bits per heavy atom. The van der Waals surface area contributed by atoms with E-state index >= 15 is 0 Å². The Kier molecular flexibility index (Phi) is 6.83. The van der Waals surface area contributed by atoms with Gasteiger partial charge in [-0.15, -0.1) is 0 Å². The number of hydrogen-bond donors (Lipinski definition) is 1. The van der Waals surface area contributed by atoms with E-state index < -0.39 is 0 Å². The molecule has 138 valence electrons. The normalized spacial score (nSPS) is 16.4. The molecule has 26 heavy (non-hydrogen) atoms. The lowest BCUT2D eigenvalue weighted by Gasteiger charge is -2.31. The number of thiocarbonyl (C=S) groups is 1. The van der Waals surface area contributed by atoms with Gasteiger partial charge < -0.3 is 14.8 Å². The fourth-order valence-electron chi connectivity index (χ4n) is 3.40. The van der Waals surface area contributed by atoms with Crippen molar-refractivity contribution in [2.24, 2.45) is 5.92 Å². The number of imidazole rings is 1. The maximum absolute atomic E-state index is 5.76. The molecule has 5 heteroatoms. The largest absolute Gasteiger partial charge is 0.349 e. The third kappa shape index (κ3) is 5.70. The molecule has 0 radical (unpaired) electrons. The number of aromatic nitrogens is 2. The van der Waals surface area contributed by atoms with Crippen molar-refractivity contribution in [1.82, 2.24) is 14.5 Å². The quantitative estimate of drug-likeness (QED) is 0.570. The maximum atomic E-state index is 5.76. The van der Waals surface area contributed by atoms with Crippen LogP contribution in [0.5, 0.6) is 0 Å². The fraction of sp³-hybridized carbons (Fsp3) is 0.429. The van der Waals surface area contributed by atoms with E-state index in [1.165, 1.54) is 18.4 Å². The Morgan fingerprint density at radius 3 is 3.04 bits per heavy atom. The number of rotatable bonds is 7. The first-order valence-corrected chi connectivity index (χ1v) is 9.85. The molecule has 1 heterocycles. The second kappa shape index (κ2) is 9.53. The van der Waals surface area contributed by atoms with E-state index in [2.05, 4.69) is 63.1 Å². The summed E-state index contributed by atoms with van der Waals surface area (Å²) in [6.45, 7) is 5.04. The van der Waals surface area contributed by atoms with Crippen LogP contribution < -0.4 is 5.32 Å². The van der Waals surface area contributed by atoms with Gasteiger partial charge in [0.05, 0.1) is 6.33 Å². The number of aryl methyl sites for hydroxylation is 2. The van der Waals surface area contributed by atoms with Crippen molar-refractivity contribution in [2.75, 3.05) is 18.4 Å². The van der Waals surface area contributed by atoms with E-state index in [-0.39, 0.29) is 0 Å². The topological polar surface area (TPSA) is 33.1 Å². The second-order valence-electron chi connectivity index (χ2n) is 7.05. The third-order valence-corrected chi connectivity index (χ3v) is 5.18. The number of anilines is 1.